The lowest BCUT2D eigenvalue weighted by Gasteiger charge is -2.34. The molecule has 1 heterocycles. The second-order valence-corrected chi connectivity index (χ2v) is 5.33. The van der Waals surface area contributed by atoms with Crippen molar-refractivity contribution in [2.24, 2.45) is 0 Å². The van der Waals surface area contributed by atoms with Crippen LogP contribution >= 0.6 is 0 Å². The number of rotatable bonds is 3. The molecule has 2 rings (SSSR count). The SMILES string of the molecule is CC1CN(/C=C(/C#N)C(=O)Nc2ccc(F)cc2)CC(C)O1. The Morgan fingerprint density at radius 2 is 1.95 bits per heavy atom. The van der Waals surface area contributed by atoms with E-state index in [9.17, 15) is 14.4 Å². The van der Waals surface area contributed by atoms with Gasteiger partial charge >= 0.3 is 0 Å². The zero-order valence-electron chi connectivity index (χ0n) is 12.5. The number of carbonyl (C=O) groups excluding carboxylic acids is 1. The number of hydrogen-bond acceptors (Lipinski definition) is 4. The van der Waals surface area contributed by atoms with Crippen LogP contribution in [0.4, 0.5) is 10.1 Å². The molecule has 1 aliphatic heterocycles. The highest BCUT2D eigenvalue weighted by Gasteiger charge is 2.21. The van der Waals surface area contributed by atoms with Crippen molar-refractivity contribution in [3.05, 3.63) is 41.9 Å². The number of nitrogens with zero attached hydrogens (tertiary/aromatic N) is 2. The molecule has 2 atom stereocenters. The largest absolute Gasteiger partial charge is 0.372 e. The maximum atomic E-state index is 12.8. The molecule has 2 unspecified atom stereocenters. The summed E-state index contributed by atoms with van der Waals surface area (Å²) in [6.07, 6.45) is 1.63. The molecule has 116 valence electrons. The molecule has 0 spiro atoms. The van der Waals surface area contributed by atoms with Gasteiger partial charge in [-0.3, -0.25) is 4.79 Å². The summed E-state index contributed by atoms with van der Waals surface area (Å²) in [4.78, 5) is 14.0. The van der Waals surface area contributed by atoms with E-state index in [0.29, 0.717) is 18.8 Å². The third kappa shape index (κ3) is 4.30. The number of ether oxygens (including phenoxy) is 1. The molecule has 1 amide bonds. The van der Waals surface area contributed by atoms with Gasteiger partial charge in [0, 0.05) is 25.0 Å². The molecular weight excluding hydrogens is 285 g/mol. The van der Waals surface area contributed by atoms with Gasteiger partial charge < -0.3 is 15.0 Å². The fourth-order valence-corrected chi connectivity index (χ4v) is 2.38. The number of hydrogen-bond donors (Lipinski definition) is 1. The maximum absolute atomic E-state index is 12.8. The van der Waals surface area contributed by atoms with Crippen LogP contribution < -0.4 is 5.32 Å². The van der Waals surface area contributed by atoms with Gasteiger partial charge in [-0.2, -0.15) is 5.26 Å². The molecule has 1 aromatic rings. The minimum atomic E-state index is -0.513. The van der Waals surface area contributed by atoms with Crippen molar-refractivity contribution in [1.29, 1.82) is 5.26 Å². The van der Waals surface area contributed by atoms with Crippen molar-refractivity contribution < 1.29 is 13.9 Å². The molecule has 1 aromatic carbocycles. The summed E-state index contributed by atoms with van der Waals surface area (Å²) in [6.45, 7) is 5.14. The first-order valence-corrected chi connectivity index (χ1v) is 7.06. The molecule has 5 nitrogen and oxygen atoms in total. The number of nitriles is 1. The molecule has 6 heteroatoms. The van der Waals surface area contributed by atoms with E-state index in [-0.39, 0.29) is 23.6 Å². The number of morpholine rings is 1. The third-order valence-corrected chi connectivity index (χ3v) is 3.23. The van der Waals surface area contributed by atoms with E-state index in [2.05, 4.69) is 5.32 Å². The lowest BCUT2D eigenvalue weighted by molar-refractivity contribution is -0.112. The number of anilines is 1. The molecule has 22 heavy (non-hydrogen) atoms. The minimum absolute atomic E-state index is 0.00521. The first-order chi connectivity index (χ1) is 10.5. The van der Waals surface area contributed by atoms with Crippen LogP contribution in [0.5, 0.6) is 0 Å². The number of carbonyl (C=O) groups is 1. The monoisotopic (exact) mass is 303 g/mol. The Bertz CT molecular complexity index is 597. The van der Waals surface area contributed by atoms with Crippen molar-refractivity contribution >= 4 is 11.6 Å². The van der Waals surface area contributed by atoms with Crippen LogP contribution in [0.2, 0.25) is 0 Å². The van der Waals surface area contributed by atoms with Gasteiger partial charge in [0.05, 0.1) is 12.2 Å². The summed E-state index contributed by atoms with van der Waals surface area (Å²) in [5.74, 6) is -0.897. The quantitative estimate of drug-likeness (QED) is 0.687. The van der Waals surface area contributed by atoms with E-state index in [0.717, 1.165) is 0 Å². The first kappa shape index (κ1) is 16.0. The second-order valence-electron chi connectivity index (χ2n) is 5.33. The standard InChI is InChI=1S/C16H18FN3O2/c1-11-8-20(9-12(2)22-11)10-13(7-18)16(21)19-15-5-3-14(17)4-6-15/h3-6,10-12H,8-9H2,1-2H3,(H,19,21)/b13-10-. The zero-order chi connectivity index (χ0) is 16.1. The van der Waals surface area contributed by atoms with Crippen LogP contribution in [0.15, 0.2) is 36.0 Å². The van der Waals surface area contributed by atoms with Crippen molar-refractivity contribution in [1.82, 2.24) is 4.90 Å². The summed E-state index contributed by atoms with van der Waals surface area (Å²) in [5.41, 5.74) is 0.446. The first-order valence-electron chi connectivity index (χ1n) is 7.06. The third-order valence-electron chi connectivity index (χ3n) is 3.23. The molecular formula is C16H18FN3O2. The van der Waals surface area contributed by atoms with Crippen molar-refractivity contribution in [3.8, 4) is 6.07 Å². The van der Waals surface area contributed by atoms with Crippen molar-refractivity contribution in [3.63, 3.8) is 0 Å². The summed E-state index contributed by atoms with van der Waals surface area (Å²) in [6, 6.07) is 7.29. The predicted octanol–water partition coefficient (Wildman–Crippen LogP) is 2.28. The molecule has 0 aliphatic carbocycles. The van der Waals surface area contributed by atoms with E-state index in [4.69, 9.17) is 4.74 Å². The highest BCUT2D eigenvalue weighted by Crippen LogP contribution is 2.14. The molecule has 1 N–H and O–H groups in total. The molecule has 1 fully saturated rings. The molecule has 0 radical (unpaired) electrons. The second kappa shape index (κ2) is 7.05. The van der Waals surface area contributed by atoms with Crippen LogP contribution in [-0.4, -0.2) is 36.1 Å². The van der Waals surface area contributed by atoms with Gasteiger partial charge in [0.25, 0.3) is 5.91 Å². The molecule has 1 aliphatic rings. The van der Waals surface area contributed by atoms with Gasteiger partial charge in [0.15, 0.2) is 0 Å². The normalized spacial score (nSPS) is 22.1. The number of benzene rings is 1. The van der Waals surface area contributed by atoms with Crippen LogP contribution in [0.3, 0.4) is 0 Å². The number of amides is 1. The topological polar surface area (TPSA) is 65.4 Å². The van der Waals surface area contributed by atoms with Crippen molar-refractivity contribution in [2.75, 3.05) is 18.4 Å². The number of halogens is 1. The lowest BCUT2D eigenvalue weighted by atomic mass is 10.2. The van der Waals surface area contributed by atoms with E-state index in [1.165, 1.54) is 24.3 Å². The van der Waals surface area contributed by atoms with Gasteiger partial charge in [-0.15, -0.1) is 0 Å². The Balaban J connectivity index is 2.06. The Hall–Kier alpha value is -2.39. The highest BCUT2D eigenvalue weighted by molar-refractivity contribution is 6.06. The lowest BCUT2D eigenvalue weighted by Crippen LogP contribution is -2.43. The van der Waals surface area contributed by atoms with Gasteiger partial charge in [0.2, 0.25) is 0 Å². The summed E-state index contributed by atoms with van der Waals surface area (Å²) < 4.78 is 18.4. The molecule has 0 bridgehead atoms. The Labute approximate surface area is 129 Å². The van der Waals surface area contributed by atoms with Crippen LogP contribution in [-0.2, 0) is 9.53 Å². The van der Waals surface area contributed by atoms with Crippen LogP contribution in [0.1, 0.15) is 13.8 Å². The van der Waals surface area contributed by atoms with E-state index < -0.39 is 5.91 Å². The predicted molar refractivity (Wildman–Crippen MR) is 80.3 cm³/mol. The van der Waals surface area contributed by atoms with Gasteiger partial charge in [-0.25, -0.2) is 4.39 Å². The molecule has 0 aromatic heterocycles. The number of nitrogens with one attached hydrogen (secondary N) is 1. The Morgan fingerprint density at radius 3 is 2.50 bits per heavy atom. The smallest absolute Gasteiger partial charge is 0.267 e. The fraction of sp³-hybridized carbons (Fsp3) is 0.375. The van der Waals surface area contributed by atoms with E-state index >= 15 is 0 Å². The van der Waals surface area contributed by atoms with Crippen LogP contribution in [0.25, 0.3) is 0 Å². The summed E-state index contributed by atoms with van der Waals surface area (Å²) in [5, 5.41) is 11.8. The van der Waals surface area contributed by atoms with Gasteiger partial charge in [-0.1, -0.05) is 0 Å². The Kier molecular flexibility index (Phi) is 5.12. The maximum Gasteiger partial charge on any atom is 0.267 e. The van der Waals surface area contributed by atoms with Gasteiger partial charge in [-0.05, 0) is 38.1 Å². The van der Waals surface area contributed by atoms with Crippen molar-refractivity contribution in [2.45, 2.75) is 26.1 Å². The average Bonchev–Trinajstić information content (AvgIpc) is 2.46. The highest BCUT2D eigenvalue weighted by atomic mass is 19.1. The summed E-state index contributed by atoms with van der Waals surface area (Å²) in [7, 11) is 0. The van der Waals surface area contributed by atoms with Crippen LogP contribution in [0, 0.1) is 17.1 Å². The average molecular weight is 303 g/mol. The fourth-order valence-electron chi connectivity index (χ4n) is 2.38. The zero-order valence-corrected chi connectivity index (χ0v) is 12.5. The minimum Gasteiger partial charge on any atom is -0.372 e. The molecule has 1 saturated heterocycles. The van der Waals surface area contributed by atoms with E-state index in [1.807, 2.05) is 24.8 Å². The Morgan fingerprint density at radius 1 is 1.36 bits per heavy atom. The van der Waals surface area contributed by atoms with Gasteiger partial charge in [0.1, 0.15) is 17.5 Å². The summed E-state index contributed by atoms with van der Waals surface area (Å²) >= 11 is 0. The van der Waals surface area contributed by atoms with E-state index in [1.54, 1.807) is 6.20 Å². The molecule has 0 saturated carbocycles.